The first-order valence-electron chi connectivity index (χ1n) is 6.34. The first-order chi connectivity index (χ1) is 9.92. The van der Waals surface area contributed by atoms with Gasteiger partial charge in [-0.05, 0) is 81.1 Å². The molecule has 0 spiro atoms. The molecule has 0 aromatic heterocycles. The number of hydrogen-bond donors (Lipinski definition) is 1. The van der Waals surface area contributed by atoms with Gasteiger partial charge in [0.25, 0.3) is 5.91 Å². The van der Waals surface area contributed by atoms with E-state index in [2.05, 4.69) is 37.2 Å². The number of nitrogens with one attached hydrogen (secondary N) is 1. The molecule has 2 aromatic carbocycles. The lowest BCUT2D eigenvalue weighted by atomic mass is 10.1. The molecule has 110 valence electrons. The van der Waals surface area contributed by atoms with E-state index in [1.165, 1.54) is 0 Å². The maximum Gasteiger partial charge on any atom is 0.255 e. The van der Waals surface area contributed by atoms with E-state index in [0.29, 0.717) is 11.3 Å². The van der Waals surface area contributed by atoms with Crippen molar-refractivity contribution in [2.24, 2.45) is 0 Å². The van der Waals surface area contributed by atoms with Crippen LogP contribution < -0.4 is 10.1 Å². The summed E-state index contributed by atoms with van der Waals surface area (Å²) in [6.07, 6.45) is 0. The zero-order chi connectivity index (χ0) is 15.6. The first-order valence-corrected chi connectivity index (χ1v) is 7.92. The van der Waals surface area contributed by atoms with Gasteiger partial charge in [0.1, 0.15) is 5.75 Å². The standard InChI is InChI=1S/C16H15Br2NO2/c1-9-6-10(2)15(13(18)7-9)19-16(20)11-4-5-14(21-3)12(17)8-11/h4-8H,1-3H3,(H,19,20). The van der Waals surface area contributed by atoms with Crippen molar-refractivity contribution in [1.29, 1.82) is 0 Å². The van der Waals surface area contributed by atoms with Crippen LogP contribution in [0.25, 0.3) is 0 Å². The molecule has 0 unspecified atom stereocenters. The molecule has 0 radical (unpaired) electrons. The molecule has 0 heterocycles. The lowest BCUT2D eigenvalue weighted by Crippen LogP contribution is -2.13. The van der Waals surface area contributed by atoms with Crippen LogP contribution in [-0.2, 0) is 0 Å². The van der Waals surface area contributed by atoms with Crippen LogP contribution in [0.4, 0.5) is 5.69 Å². The molecule has 0 fully saturated rings. The van der Waals surface area contributed by atoms with Crippen LogP contribution in [0.5, 0.6) is 5.75 Å². The van der Waals surface area contributed by atoms with Crippen LogP contribution in [0.1, 0.15) is 21.5 Å². The van der Waals surface area contributed by atoms with E-state index in [1.807, 2.05) is 26.0 Å². The van der Waals surface area contributed by atoms with E-state index in [-0.39, 0.29) is 5.91 Å². The van der Waals surface area contributed by atoms with Crippen LogP contribution in [0.15, 0.2) is 39.3 Å². The van der Waals surface area contributed by atoms with Crippen LogP contribution in [0, 0.1) is 13.8 Å². The molecule has 0 saturated heterocycles. The van der Waals surface area contributed by atoms with E-state index in [4.69, 9.17) is 4.74 Å². The summed E-state index contributed by atoms with van der Waals surface area (Å²) < 4.78 is 6.79. The molecule has 2 rings (SSSR count). The second-order valence-corrected chi connectivity index (χ2v) is 6.45. The molecule has 0 atom stereocenters. The highest BCUT2D eigenvalue weighted by Crippen LogP contribution is 2.29. The Kier molecular flexibility index (Phi) is 5.06. The van der Waals surface area contributed by atoms with Crippen molar-refractivity contribution in [2.75, 3.05) is 12.4 Å². The fraction of sp³-hybridized carbons (Fsp3) is 0.188. The van der Waals surface area contributed by atoms with Crippen molar-refractivity contribution in [3.63, 3.8) is 0 Å². The fourth-order valence-electron chi connectivity index (χ4n) is 2.07. The molecular weight excluding hydrogens is 398 g/mol. The molecule has 2 aromatic rings. The third-order valence-corrected chi connectivity index (χ3v) is 4.33. The number of rotatable bonds is 3. The minimum atomic E-state index is -0.161. The molecule has 5 heteroatoms. The Morgan fingerprint density at radius 3 is 2.38 bits per heavy atom. The summed E-state index contributed by atoms with van der Waals surface area (Å²) in [6, 6.07) is 9.24. The lowest BCUT2D eigenvalue weighted by molar-refractivity contribution is 0.102. The van der Waals surface area contributed by atoms with Crippen LogP contribution in [0.3, 0.4) is 0 Å². The number of carbonyl (C=O) groups is 1. The number of amides is 1. The molecule has 1 amide bonds. The molecule has 0 aliphatic heterocycles. The van der Waals surface area contributed by atoms with Gasteiger partial charge in [-0.3, -0.25) is 4.79 Å². The SMILES string of the molecule is COc1ccc(C(=O)Nc2c(C)cc(C)cc2Br)cc1Br. The van der Waals surface area contributed by atoms with E-state index in [9.17, 15) is 4.79 Å². The van der Waals surface area contributed by atoms with E-state index < -0.39 is 0 Å². The summed E-state index contributed by atoms with van der Waals surface area (Å²) in [4.78, 5) is 12.4. The molecule has 0 bridgehead atoms. The van der Waals surface area contributed by atoms with Crippen molar-refractivity contribution in [2.45, 2.75) is 13.8 Å². The summed E-state index contributed by atoms with van der Waals surface area (Å²) in [5, 5.41) is 2.94. The van der Waals surface area contributed by atoms with Crippen molar-refractivity contribution in [1.82, 2.24) is 0 Å². The molecule has 3 nitrogen and oxygen atoms in total. The summed E-state index contributed by atoms with van der Waals surface area (Å²) in [7, 11) is 1.59. The number of hydrogen-bond acceptors (Lipinski definition) is 2. The summed E-state index contributed by atoms with van der Waals surface area (Å²) in [6.45, 7) is 3.99. The Labute approximate surface area is 141 Å². The average Bonchev–Trinajstić information content (AvgIpc) is 2.42. The molecule has 0 aliphatic rings. The van der Waals surface area contributed by atoms with Gasteiger partial charge >= 0.3 is 0 Å². The number of benzene rings is 2. The van der Waals surface area contributed by atoms with Gasteiger partial charge in [-0.2, -0.15) is 0 Å². The maximum absolute atomic E-state index is 12.4. The van der Waals surface area contributed by atoms with Crippen molar-refractivity contribution in [3.05, 3.63) is 56.0 Å². The van der Waals surface area contributed by atoms with E-state index in [0.717, 1.165) is 25.8 Å². The van der Waals surface area contributed by atoms with Crippen LogP contribution >= 0.6 is 31.9 Å². The predicted octanol–water partition coefficient (Wildman–Crippen LogP) is 5.09. The monoisotopic (exact) mass is 411 g/mol. The molecule has 0 saturated carbocycles. The van der Waals surface area contributed by atoms with Gasteiger partial charge in [0.2, 0.25) is 0 Å². The third-order valence-electron chi connectivity index (χ3n) is 3.08. The van der Waals surface area contributed by atoms with Gasteiger partial charge < -0.3 is 10.1 Å². The Morgan fingerprint density at radius 2 is 1.81 bits per heavy atom. The lowest BCUT2D eigenvalue weighted by Gasteiger charge is -2.12. The topological polar surface area (TPSA) is 38.3 Å². The highest BCUT2D eigenvalue weighted by molar-refractivity contribution is 9.11. The highest BCUT2D eigenvalue weighted by atomic mass is 79.9. The number of aryl methyl sites for hydroxylation is 2. The Balaban J connectivity index is 2.28. The second-order valence-electron chi connectivity index (χ2n) is 4.74. The molecular formula is C16H15Br2NO2. The number of halogens is 2. The normalized spacial score (nSPS) is 10.3. The number of anilines is 1. The Bertz CT molecular complexity index is 676. The second kappa shape index (κ2) is 6.62. The zero-order valence-corrected chi connectivity index (χ0v) is 15.1. The minimum absolute atomic E-state index is 0.161. The van der Waals surface area contributed by atoms with Gasteiger partial charge in [0.15, 0.2) is 0 Å². The van der Waals surface area contributed by atoms with Gasteiger partial charge in [-0.15, -0.1) is 0 Å². The Hall–Kier alpha value is -1.33. The molecule has 21 heavy (non-hydrogen) atoms. The average molecular weight is 413 g/mol. The quantitative estimate of drug-likeness (QED) is 0.762. The van der Waals surface area contributed by atoms with E-state index >= 15 is 0 Å². The van der Waals surface area contributed by atoms with Crippen LogP contribution in [0.2, 0.25) is 0 Å². The van der Waals surface area contributed by atoms with Gasteiger partial charge in [0, 0.05) is 10.0 Å². The molecule has 0 aliphatic carbocycles. The maximum atomic E-state index is 12.4. The van der Waals surface area contributed by atoms with Crippen molar-refractivity contribution >= 4 is 43.5 Å². The van der Waals surface area contributed by atoms with Gasteiger partial charge in [-0.25, -0.2) is 0 Å². The minimum Gasteiger partial charge on any atom is -0.496 e. The largest absolute Gasteiger partial charge is 0.496 e. The third kappa shape index (κ3) is 3.66. The number of carbonyl (C=O) groups excluding carboxylic acids is 1. The van der Waals surface area contributed by atoms with Crippen molar-refractivity contribution < 1.29 is 9.53 Å². The first kappa shape index (κ1) is 16.0. The summed E-state index contributed by atoms with van der Waals surface area (Å²) in [5.41, 5.74) is 3.51. The Morgan fingerprint density at radius 1 is 1.10 bits per heavy atom. The summed E-state index contributed by atoms with van der Waals surface area (Å²) >= 11 is 6.88. The number of ether oxygens (including phenoxy) is 1. The van der Waals surface area contributed by atoms with Crippen LogP contribution in [-0.4, -0.2) is 13.0 Å². The fourth-order valence-corrected chi connectivity index (χ4v) is 3.38. The van der Waals surface area contributed by atoms with Gasteiger partial charge in [-0.1, -0.05) is 6.07 Å². The van der Waals surface area contributed by atoms with E-state index in [1.54, 1.807) is 25.3 Å². The highest BCUT2D eigenvalue weighted by Gasteiger charge is 2.12. The smallest absolute Gasteiger partial charge is 0.255 e. The predicted molar refractivity (Wildman–Crippen MR) is 92.3 cm³/mol. The number of methoxy groups -OCH3 is 1. The van der Waals surface area contributed by atoms with Gasteiger partial charge in [0.05, 0.1) is 17.3 Å². The summed E-state index contributed by atoms with van der Waals surface area (Å²) in [5.74, 6) is 0.533. The molecule has 1 N–H and O–H groups in total. The van der Waals surface area contributed by atoms with Crippen molar-refractivity contribution in [3.8, 4) is 5.75 Å². The zero-order valence-electron chi connectivity index (χ0n) is 12.0.